The lowest BCUT2D eigenvalue weighted by Crippen LogP contribution is -2.59. The third-order valence-electron chi connectivity index (χ3n) is 8.49. The lowest BCUT2D eigenvalue weighted by molar-refractivity contribution is -0.135. The molecule has 4 aromatic heterocycles. The average molecular weight is 531 g/mol. The number of likely N-dealkylation sites (N-methyl/N-ethyl adjacent to an activating group) is 1. The van der Waals surface area contributed by atoms with E-state index < -0.39 is 0 Å². The molecular formula is C30H42N8O. The molecule has 4 aromatic rings. The molecule has 208 valence electrons. The Bertz CT molecular complexity index is 1500. The Morgan fingerprint density at radius 2 is 1.85 bits per heavy atom. The number of carbonyl (C=O) groups is 1. The number of aromatic amines is 1. The monoisotopic (exact) mass is 530 g/mol. The largest absolute Gasteiger partial charge is 0.353 e. The number of nitrogens with zero attached hydrogens (tertiary/aromatic N) is 7. The molecule has 2 atom stereocenters. The number of fused-ring (bicyclic) bond motifs is 2. The van der Waals surface area contributed by atoms with Gasteiger partial charge in [-0.15, -0.1) is 0 Å². The molecule has 9 heteroatoms. The van der Waals surface area contributed by atoms with Gasteiger partial charge in [0.25, 0.3) is 0 Å². The van der Waals surface area contributed by atoms with E-state index in [-0.39, 0.29) is 23.9 Å². The van der Waals surface area contributed by atoms with Gasteiger partial charge in [-0.1, -0.05) is 27.7 Å². The summed E-state index contributed by atoms with van der Waals surface area (Å²) in [4.78, 5) is 33.1. The van der Waals surface area contributed by atoms with Gasteiger partial charge in [0, 0.05) is 42.5 Å². The van der Waals surface area contributed by atoms with Gasteiger partial charge >= 0.3 is 0 Å². The van der Waals surface area contributed by atoms with Crippen LogP contribution in [0.3, 0.4) is 0 Å². The minimum absolute atomic E-state index is 0.119. The van der Waals surface area contributed by atoms with E-state index in [1.54, 1.807) is 6.33 Å². The summed E-state index contributed by atoms with van der Waals surface area (Å²) in [7, 11) is 0. The van der Waals surface area contributed by atoms with Crippen molar-refractivity contribution in [2.45, 2.75) is 73.4 Å². The first-order chi connectivity index (χ1) is 18.6. The lowest BCUT2D eigenvalue weighted by atomic mass is 9.95. The number of nitrogens with one attached hydrogen (secondary N) is 1. The molecule has 1 saturated heterocycles. The molecule has 0 unspecified atom stereocenters. The maximum atomic E-state index is 13.1. The Labute approximate surface area is 231 Å². The zero-order valence-corrected chi connectivity index (χ0v) is 24.6. The van der Waals surface area contributed by atoms with Crippen LogP contribution in [0.5, 0.6) is 0 Å². The van der Waals surface area contributed by atoms with Crippen molar-refractivity contribution in [1.82, 2.24) is 34.4 Å². The third kappa shape index (κ3) is 4.77. The van der Waals surface area contributed by atoms with E-state index in [2.05, 4.69) is 103 Å². The fourth-order valence-electron chi connectivity index (χ4n) is 5.99. The average Bonchev–Trinajstić information content (AvgIpc) is 3.54. The van der Waals surface area contributed by atoms with Crippen molar-refractivity contribution >= 4 is 28.4 Å². The summed E-state index contributed by atoms with van der Waals surface area (Å²) in [5.74, 6) is 1.45. The van der Waals surface area contributed by atoms with E-state index in [1.165, 1.54) is 11.1 Å². The van der Waals surface area contributed by atoms with Crippen LogP contribution in [-0.2, 0) is 4.79 Å². The number of pyridine rings is 2. The quantitative estimate of drug-likeness (QED) is 0.370. The van der Waals surface area contributed by atoms with Crippen LogP contribution in [0.2, 0.25) is 0 Å². The van der Waals surface area contributed by atoms with E-state index in [4.69, 9.17) is 4.98 Å². The number of amides is 1. The highest BCUT2D eigenvalue weighted by Crippen LogP contribution is 2.38. The molecule has 0 spiro atoms. The highest BCUT2D eigenvalue weighted by molar-refractivity contribution is 5.90. The van der Waals surface area contributed by atoms with Gasteiger partial charge in [0.1, 0.15) is 12.1 Å². The first-order valence-corrected chi connectivity index (χ1v) is 14.2. The zero-order valence-electron chi connectivity index (χ0n) is 24.6. The van der Waals surface area contributed by atoms with Crippen LogP contribution in [0, 0.1) is 13.8 Å². The Kier molecular flexibility index (Phi) is 7.37. The molecule has 0 aromatic carbocycles. The van der Waals surface area contributed by atoms with E-state index in [9.17, 15) is 4.79 Å². The number of rotatable bonds is 7. The van der Waals surface area contributed by atoms with Crippen molar-refractivity contribution in [2.24, 2.45) is 0 Å². The van der Waals surface area contributed by atoms with Gasteiger partial charge in [-0.05, 0) is 70.0 Å². The molecular weight excluding hydrogens is 488 g/mol. The number of H-pyrrole nitrogens is 1. The first-order valence-electron chi connectivity index (χ1n) is 14.2. The number of piperazine rings is 1. The number of anilines is 1. The SMILES string of the molecule is CCN(CC)CC(=O)N1C[C@H](C)N(c2ccc3[nH]c(-c4cn5ncnc5c(C)c4C)c(C(C)C)c3n2)C[C@H]1C. The highest BCUT2D eigenvalue weighted by Gasteiger charge is 2.33. The standard InChI is InChI=1S/C30H42N8O/c1-9-35(10-2)16-26(39)37-14-19(5)36(13-20(37)6)25-12-11-24-29(34-25)27(18(3)4)28(33-24)23-15-38-30(31-17-32-38)22(8)21(23)7/h11-12,15,17-20,33H,9-10,13-14,16H2,1-8H3/t19-,20+/m0/s1. The fraction of sp³-hybridized carbons (Fsp3) is 0.533. The number of aryl methyl sites for hydroxylation is 1. The summed E-state index contributed by atoms with van der Waals surface area (Å²) in [5, 5.41) is 4.41. The second-order valence-electron chi connectivity index (χ2n) is 11.3. The van der Waals surface area contributed by atoms with E-state index >= 15 is 0 Å². The van der Waals surface area contributed by atoms with Gasteiger partial charge in [0.2, 0.25) is 5.91 Å². The predicted octanol–water partition coefficient (Wildman–Crippen LogP) is 4.78. The highest BCUT2D eigenvalue weighted by atomic mass is 16.2. The molecule has 0 aliphatic carbocycles. The second-order valence-corrected chi connectivity index (χ2v) is 11.3. The third-order valence-corrected chi connectivity index (χ3v) is 8.49. The van der Waals surface area contributed by atoms with Crippen molar-refractivity contribution in [2.75, 3.05) is 37.6 Å². The Morgan fingerprint density at radius 1 is 1.10 bits per heavy atom. The van der Waals surface area contributed by atoms with Crippen LogP contribution in [0.15, 0.2) is 24.7 Å². The summed E-state index contributed by atoms with van der Waals surface area (Å²) in [6.45, 7) is 21.0. The number of carbonyl (C=O) groups excluding carboxylic acids is 1. The smallest absolute Gasteiger partial charge is 0.237 e. The Hall–Kier alpha value is -3.46. The Morgan fingerprint density at radius 3 is 2.54 bits per heavy atom. The Balaban J connectivity index is 1.49. The summed E-state index contributed by atoms with van der Waals surface area (Å²) < 4.78 is 1.86. The van der Waals surface area contributed by atoms with Crippen LogP contribution >= 0.6 is 0 Å². The van der Waals surface area contributed by atoms with Crippen LogP contribution in [0.25, 0.3) is 27.9 Å². The van der Waals surface area contributed by atoms with Crippen molar-refractivity contribution in [1.29, 1.82) is 0 Å². The summed E-state index contributed by atoms with van der Waals surface area (Å²) in [5.41, 5.74) is 8.67. The lowest BCUT2D eigenvalue weighted by Gasteiger charge is -2.45. The van der Waals surface area contributed by atoms with Gasteiger partial charge in [-0.25, -0.2) is 14.5 Å². The summed E-state index contributed by atoms with van der Waals surface area (Å²) in [6.07, 6.45) is 3.67. The van der Waals surface area contributed by atoms with Crippen LogP contribution in [0.1, 0.15) is 64.2 Å². The van der Waals surface area contributed by atoms with E-state index in [0.717, 1.165) is 59.0 Å². The van der Waals surface area contributed by atoms with Crippen molar-refractivity contribution in [3.8, 4) is 11.3 Å². The molecule has 5 heterocycles. The van der Waals surface area contributed by atoms with Crippen molar-refractivity contribution in [3.63, 3.8) is 0 Å². The molecule has 1 aliphatic heterocycles. The minimum Gasteiger partial charge on any atom is -0.353 e. The van der Waals surface area contributed by atoms with Crippen molar-refractivity contribution in [3.05, 3.63) is 41.3 Å². The van der Waals surface area contributed by atoms with Crippen molar-refractivity contribution < 1.29 is 4.79 Å². The summed E-state index contributed by atoms with van der Waals surface area (Å²) >= 11 is 0. The molecule has 0 saturated carbocycles. The summed E-state index contributed by atoms with van der Waals surface area (Å²) in [6, 6.07) is 4.56. The normalized spacial score (nSPS) is 18.3. The topological polar surface area (TPSA) is 85.7 Å². The van der Waals surface area contributed by atoms with Crippen LogP contribution < -0.4 is 4.90 Å². The van der Waals surface area contributed by atoms with Gasteiger partial charge < -0.3 is 14.8 Å². The molecule has 1 N–H and O–H groups in total. The predicted molar refractivity (Wildman–Crippen MR) is 157 cm³/mol. The van der Waals surface area contributed by atoms with Crippen LogP contribution in [-0.4, -0.2) is 85.1 Å². The number of hydrogen-bond donors (Lipinski definition) is 1. The zero-order chi connectivity index (χ0) is 28.0. The van der Waals surface area contributed by atoms with Gasteiger partial charge in [0.15, 0.2) is 5.65 Å². The maximum absolute atomic E-state index is 13.1. The molecule has 39 heavy (non-hydrogen) atoms. The second kappa shape index (κ2) is 10.6. The first kappa shape index (κ1) is 27.1. The molecule has 1 aliphatic rings. The molecule has 0 radical (unpaired) electrons. The number of hydrogen-bond acceptors (Lipinski definition) is 6. The molecule has 0 bridgehead atoms. The molecule has 1 fully saturated rings. The molecule has 5 rings (SSSR count). The molecule has 9 nitrogen and oxygen atoms in total. The number of aromatic nitrogens is 5. The van der Waals surface area contributed by atoms with Gasteiger partial charge in [-0.3, -0.25) is 9.69 Å². The van der Waals surface area contributed by atoms with E-state index in [1.807, 2.05) is 4.52 Å². The molecule has 1 amide bonds. The maximum Gasteiger partial charge on any atom is 0.237 e. The van der Waals surface area contributed by atoms with Gasteiger partial charge in [-0.2, -0.15) is 5.10 Å². The fourth-order valence-corrected chi connectivity index (χ4v) is 5.99. The van der Waals surface area contributed by atoms with E-state index in [0.29, 0.717) is 13.1 Å². The van der Waals surface area contributed by atoms with Crippen LogP contribution in [0.4, 0.5) is 5.82 Å². The van der Waals surface area contributed by atoms with Gasteiger partial charge in [0.05, 0.1) is 23.3 Å². The minimum atomic E-state index is 0.119.